The molecular formula is C37H43BF2N2O4. The molecule has 0 unspecified atom stereocenters. The van der Waals surface area contributed by atoms with E-state index in [-0.39, 0.29) is 0 Å². The van der Waals surface area contributed by atoms with E-state index >= 15 is 8.63 Å². The molecule has 6 nitrogen and oxygen atoms in total. The molecule has 0 amide bonds. The fourth-order valence-corrected chi connectivity index (χ4v) is 7.34. The van der Waals surface area contributed by atoms with E-state index in [0.29, 0.717) is 48.5 Å². The van der Waals surface area contributed by atoms with Crippen LogP contribution >= 0.6 is 0 Å². The van der Waals surface area contributed by atoms with Crippen molar-refractivity contribution >= 4 is 36.3 Å². The molecule has 0 saturated carbocycles. The zero-order valence-electron chi connectivity index (χ0n) is 27.7. The summed E-state index contributed by atoms with van der Waals surface area (Å²) in [7, 11) is 0. The minimum atomic E-state index is -4.45. The number of aromatic nitrogens is 1. The Labute approximate surface area is 270 Å². The molecule has 4 aliphatic rings. The van der Waals surface area contributed by atoms with Crippen molar-refractivity contribution in [2.24, 2.45) is 0 Å². The molecule has 2 aliphatic heterocycles. The van der Waals surface area contributed by atoms with E-state index in [1.807, 2.05) is 30.3 Å². The fourth-order valence-electron chi connectivity index (χ4n) is 7.34. The standard InChI is InChI=1S/C37H43BF2N2O4/c1-36(2,3)45-31(43)22-20-29-25-16-10-12-18-27(25)34-33(24-14-8-7-9-15-24)35-28-19-13-11-17-26(28)30(42(35)38(39,40)41(29)34)21-23-32(44)46-37(4,5)6/h7-9,14-15,20-23H,10-13,16-19H2,1-6H3/b22-20+,23-21+. The summed E-state index contributed by atoms with van der Waals surface area (Å²) >= 11 is 0. The predicted molar refractivity (Wildman–Crippen MR) is 178 cm³/mol. The molecule has 0 fully saturated rings. The molecule has 0 spiro atoms. The Balaban J connectivity index is 1.65. The van der Waals surface area contributed by atoms with E-state index in [4.69, 9.17) is 9.47 Å². The maximum absolute atomic E-state index is 17.6. The van der Waals surface area contributed by atoms with Crippen molar-refractivity contribution in [2.45, 2.75) is 104 Å². The highest BCUT2D eigenvalue weighted by atomic mass is 19.2. The summed E-state index contributed by atoms with van der Waals surface area (Å²) in [5.41, 5.74) is 5.55. The van der Waals surface area contributed by atoms with E-state index in [9.17, 15) is 9.59 Å². The Morgan fingerprint density at radius 3 is 1.93 bits per heavy atom. The summed E-state index contributed by atoms with van der Waals surface area (Å²) in [5.74, 6) is -1.16. The van der Waals surface area contributed by atoms with Crippen LogP contribution in [0.3, 0.4) is 0 Å². The molecule has 6 rings (SSSR count). The first-order valence-electron chi connectivity index (χ1n) is 16.5. The van der Waals surface area contributed by atoms with Gasteiger partial charge in [-0.05, 0) is 116 Å². The number of nitrogens with zero attached hydrogens (tertiary/aromatic N) is 2. The predicted octanol–water partition coefficient (Wildman–Crippen LogP) is 7.95. The highest BCUT2D eigenvalue weighted by Crippen LogP contribution is 2.51. The van der Waals surface area contributed by atoms with Crippen LogP contribution in [0.25, 0.3) is 11.6 Å². The minimum Gasteiger partial charge on any atom is -0.457 e. The van der Waals surface area contributed by atoms with E-state index in [2.05, 4.69) is 0 Å². The molecule has 0 radical (unpaired) electrons. The number of rotatable bonds is 5. The highest BCUT2D eigenvalue weighted by molar-refractivity contribution is 6.59. The monoisotopic (exact) mass is 628 g/mol. The van der Waals surface area contributed by atoms with Crippen molar-refractivity contribution in [3.63, 3.8) is 0 Å². The quantitative estimate of drug-likeness (QED) is 0.192. The lowest BCUT2D eigenvalue weighted by Gasteiger charge is -2.34. The van der Waals surface area contributed by atoms with Crippen molar-refractivity contribution in [1.82, 2.24) is 4.48 Å². The van der Waals surface area contributed by atoms with Gasteiger partial charge in [-0.25, -0.2) is 9.59 Å². The number of benzene rings is 1. The second-order valence-corrected chi connectivity index (χ2v) is 14.6. The van der Waals surface area contributed by atoms with Crippen LogP contribution in [0.1, 0.15) is 108 Å². The van der Waals surface area contributed by atoms with Crippen molar-refractivity contribution in [2.75, 3.05) is 0 Å². The molecule has 242 valence electrons. The first-order valence-corrected chi connectivity index (χ1v) is 16.5. The van der Waals surface area contributed by atoms with Gasteiger partial charge in [-0.2, -0.15) is 0 Å². The Bertz CT molecular complexity index is 1760. The van der Waals surface area contributed by atoms with Gasteiger partial charge in [0.15, 0.2) is 11.4 Å². The number of hydrogen-bond donors (Lipinski definition) is 0. The SMILES string of the molecule is CC(C)(C)OC(=O)/C=C/C1=[N+]2C(=C(c3ccccc3)c3c4c(c(/C=C/C(=O)OC(C)(C)C)n3[B-]2(F)F)CCCC4)C2=C1CCCC2. The van der Waals surface area contributed by atoms with Gasteiger partial charge in [0.2, 0.25) is 0 Å². The number of esters is 2. The number of fused-ring (bicyclic) bond motifs is 5. The largest absolute Gasteiger partial charge is 0.737 e. The van der Waals surface area contributed by atoms with Crippen LogP contribution in [0.5, 0.6) is 0 Å². The zero-order chi connectivity index (χ0) is 33.0. The van der Waals surface area contributed by atoms with Crippen LogP contribution in [-0.4, -0.2) is 44.8 Å². The number of carbonyl (C=O) groups excluding carboxylic acids is 2. The van der Waals surface area contributed by atoms with Gasteiger partial charge in [0.05, 0.1) is 5.57 Å². The summed E-state index contributed by atoms with van der Waals surface area (Å²) < 4.78 is 48.7. The molecule has 46 heavy (non-hydrogen) atoms. The normalized spacial score (nSPS) is 19.4. The first-order chi connectivity index (χ1) is 21.7. The van der Waals surface area contributed by atoms with E-state index in [0.717, 1.165) is 59.1 Å². The number of halogens is 2. The van der Waals surface area contributed by atoms with E-state index in [1.54, 1.807) is 41.5 Å². The Kier molecular flexibility index (Phi) is 8.10. The maximum Gasteiger partial charge on any atom is 0.737 e. The highest BCUT2D eigenvalue weighted by Gasteiger charge is 2.58. The molecule has 2 aromatic rings. The third-order valence-electron chi connectivity index (χ3n) is 8.85. The number of ether oxygens (including phenoxy) is 2. The second kappa shape index (κ2) is 11.7. The maximum atomic E-state index is 17.6. The van der Waals surface area contributed by atoms with Gasteiger partial charge < -0.3 is 27.1 Å². The number of allylic oxidation sites excluding steroid dienone is 3. The van der Waals surface area contributed by atoms with Crippen LogP contribution < -0.4 is 0 Å². The lowest BCUT2D eigenvalue weighted by atomic mass is 9.81. The third kappa shape index (κ3) is 5.85. The summed E-state index contributed by atoms with van der Waals surface area (Å²) in [5, 5.41) is 0. The van der Waals surface area contributed by atoms with Gasteiger partial charge in [0, 0.05) is 40.8 Å². The van der Waals surface area contributed by atoms with Gasteiger partial charge in [-0.3, -0.25) is 0 Å². The van der Waals surface area contributed by atoms with E-state index in [1.165, 1.54) is 33.3 Å². The number of hydrogen-bond acceptors (Lipinski definition) is 4. The van der Waals surface area contributed by atoms with Crippen LogP contribution in [0.15, 0.2) is 65.4 Å². The van der Waals surface area contributed by atoms with Crippen LogP contribution in [0.2, 0.25) is 0 Å². The number of carbonyl (C=O) groups is 2. The molecule has 2 aliphatic carbocycles. The van der Waals surface area contributed by atoms with Crippen LogP contribution in [-0.2, 0) is 31.9 Å². The molecular weight excluding hydrogens is 585 g/mol. The molecule has 1 aromatic carbocycles. The van der Waals surface area contributed by atoms with Crippen LogP contribution in [0.4, 0.5) is 8.63 Å². The smallest absolute Gasteiger partial charge is 0.457 e. The average Bonchev–Trinajstić information content (AvgIpc) is 3.49. The summed E-state index contributed by atoms with van der Waals surface area (Å²) in [6.45, 7) is 6.22. The third-order valence-corrected chi connectivity index (χ3v) is 8.85. The zero-order valence-corrected chi connectivity index (χ0v) is 27.7. The Morgan fingerprint density at radius 2 is 1.33 bits per heavy atom. The van der Waals surface area contributed by atoms with Crippen molar-refractivity contribution < 1.29 is 32.2 Å². The topological polar surface area (TPSA) is 60.5 Å². The van der Waals surface area contributed by atoms with Gasteiger partial charge in [0.1, 0.15) is 11.2 Å². The summed E-state index contributed by atoms with van der Waals surface area (Å²) in [6.07, 6.45) is 11.8. The molecule has 0 N–H and O–H groups in total. The fraction of sp³-hybridized carbons (Fsp3) is 0.432. The summed E-state index contributed by atoms with van der Waals surface area (Å²) in [4.78, 5) is 25.6. The molecule has 0 atom stereocenters. The van der Waals surface area contributed by atoms with Crippen LogP contribution in [0, 0.1) is 0 Å². The van der Waals surface area contributed by atoms with Crippen molar-refractivity contribution in [3.05, 3.63) is 93.5 Å². The molecule has 3 heterocycles. The summed E-state index contributed by atoms with van der Waals surface area (Å²) in [6, 6.07) is 9.77. The second-order valence-electron chi connectivity index (χ2n) is 14.6. The Hall–Kier alpha value is -4.01. The molecule has 9 heteroatoms. The van der Waals surface area contributed by atoms with Crippen molar-refractivity contribution in [3.8, 4) is 0 Å². The first kappa shape index (κ1) is 32.0. The lowest BCUT2D eigenvalue weighted by Crippen LogP contribution is -2.52. The van der Waals surface area contributed by atoms with Gasteiger partial charge in [-0.15, -0.1) is 0 Å². The van der Waals surface area contributed by atoms with Gasteiger partial charge in [-0.1, -0.05) is 30.3 Å². The molecule has 1 aromatic heterocycles. The lowest BCUT2D eigenvalue weighted by molar-refractivity contribution is -0.362. The Morgan fingerprint density at radius 1 is 0.783 bits per heavy atom. The molecule has 0 saturated heterocycles. The van der Waals surface area contributed by atoms with Gasteiger partial charge >= 0.3 is 18.9 Å². The van der Waals surface area contributed by atoms with Crippen molar-refractivity contribution in [1.29, 1.82) is 0 Å². The van der Waals surface area contributed by atoms with Gasteiger partial charge in [0.25, 0.3) is 0 Å². The minimum absolute atomic E-state index is 0.341. The average molecular weight is 629 g/mol. The molecule has 0 bridgehead atoms. The van der Waals surface area contributed by atoms with E-state index < -0.39 is 30.1 Å².